The second kappa shape index (κ2) is 9.82. The summed E-state index contributed by atoms with van der Waals surface area (Å²) in [4.78, 5) is 30.2. The van der Waals surface area contributed by atoms with Crippen LogP contribution >= 0.6 is 0 Å². The van der Waals surface area contributed by atoms with E-state index in [1.165, 1.54) is 16.8 Å². The van der Waals surface area contributed by atoms with E-state index in [2.05, 4.69) is 15.0 Å². The zero-order valence-electron chi connectivity index (χ0n) is 19.7. The van der Waals surface area contributed by atoms with Gasteiger partial charge in [0.2, 0.25) is 5.95 Å². The number of nitrogens with two attached hydrogens (primary N) is 1. The summed E-state index contributed by atoms with van der Waals surface area (Å²) in [6.07, 6.45) is 1.12. The Morgan fingerprint density at radius 1 is 1.14 bits per heavy atom. The molecule has 1 aliphatic rings. The van der Waals surface area contributed by atoms with Crippen LogP contribution in [-0.2, 0) is 13.1 Å². The number of nitrogens with zero attached hydrogens (tertiary/aromatic N) is 5. The molecule has 5 rings (SSSR count). The number of aliphatic hydroxyl groups excluding tert-OH is 1. The van der Waals surface area contributed by atoms with Gasteiger partial charge < -0.3 is 25.4 Å². The molecule has 0 aliphatic carbocycles. The number of nitrogen functional groups attached to an aromatic ring is 1. The zero-order chi connectivity index (χ0) is 25.2. The number of aromatic nitrogens is 4. The number of rotatable bonds is 7. The number of carboxylic acid groups (broad SMARTS) is 1. The van der Waals surface area contributed by atoms with Gasteiger partial charge in [0, 0.05) is 25.1 Å². The number of para-hydroxylation sites is 2. The molecule has 0 spiro atoms. The van der Waals surface area contributed by atoms with Crippen LogP contribution < -0.4 is 16.2 Å². The smallest absolute Gasteiger partial charge is 0.335 e. The molecule has 0 bridgehead atoms. The topological polar surface area (TPSA) is 140 Å². The van der Waals surface area contributed by atoms with E-state index >= 15 is 0 Å². The van der Waals surface area contributed by atoms with E-state index in [9.17, 15) is 19.8 Å². The second-order valence-corrected chi connectivity index (χ2v) is 9.18. The fourth-order valence-corrected chi connectivity index (χ4v) is 4.85. The average molecular weight is 489 g/mol. The number of anilines is 2. The molecule has 2 atom stereocenters. The fourth-order valence-electron chi connectivity index (χ4n) is 4.85. The second-order valence-electron chi connectivity index (χ2n) is 9.18. The highest BCUT2D eigenvalue weighted by Gasteiger charge is 2.28. The Hall–Kier alpha value is -4.18. The van der Waals surface area contributed by atoms with Gasteiger partial charge in [-0.2, -0.15) is 5.10 Å². The number of imidazole rings is 1. The van der Waals surface area contributed by atoms with Crippen molar-refractivity contribution in [3.8, 4) is 0 Å². The van der Waals surface area contributed by atoms with Crippen LogP contribution in [0.4, 0.5) is 11.8 Å². The van der Waals surface area contributed by atoms with E-state index in [4.69, 9.17) is 5.73 Å². The Labute approximate surface area is 207 Å². The van der Waals surface area contributed by atoms with Crippen LogP contribution in [0.15, 0.2) is 65.5 Å². The lowest BCUT2D eigenvalue weighted by molar-refractivity contribution is 0.0696. The molecular formula is C26H28N6O4. The molecule has 0 radical (unpaired) electrons. The van der Waals surface area contributed by atoms with Crippen molar-refractivity contribution >= 4 is 28.8 Å². The summed E-state index contributed by atoms with van der Waals surface area (Å²) >= 11 is 0. The van der Waals surface area contributed by atoms with E-state index in [1.54, 1.807) is 24.3 Å². The Bertz CT molecular complexity index is 1460. The summed E-state index contributed by atoms with van der Waals surface area (Å²) in [5.41, 5.74) is 8.39. The van der Waals surface area contributed by atoms with Crippen LogP contribution in [0.5, 0.6) is 0 Å². The quantitative estimate of drug-likeness (QED) is 0.360. The standard InChI is InChI=1S/C26H28N6O4/c27-26-28-20-8-1-2-9-21(20)31(26)16-22(33)19-7-4-12-30(15-19)23-10-11-24(34)32(29-23)14-17-5-3-6-18(13-17)25(35)36/h1-3,5-6,8-11,13,19,22,33H,4,7,12,14-16H2,(H2,27,28)(H,35,36). The minimum atomic E-state index is -1.02. The molecule has 0 amide bonds. The highest BCUT2D eigenvalue weighted by Crippen LogP contribution is 2.26. The van der Waals surface area contributed by atoms with Gasteiger partial charge in [-0.15, -0.1) is 0 Å². The highest BCUT2D eigenvalue weighted by molar-refractivity contribution is 5.87. The van der Waals surface area contributed by atoms with Gasteiger partial charge in [0.15, 0.2) is 0 Å². The first kappa shape index (κ1) is 23.6. The monoisotopic (exact) mass is 488 g/mol. The lowest BCUT2D eigenvalue weighted by Crippen LogP contribution is -2.42. The van der Waals surface area contributed by atoms with E-state index in [-0.39, 0.29) is 23.6 Å². The minimum absolute atomic E-state index is 0.00580. The van der Waals surface area contributed by atoms with Crippen molar-refractivity contribution in [1.82, 2.24) is 19.3 Å². The molecule has 2 aromatic heterocycles. The largest absolute Gasteiger partial charge is 0.478 e. The third-order valence-electron chi connectivity index (χ3n) is 6.74. The van der Waals surface area contributed by atoms with Gasteiger partial charge in [0.05, 0.1) is 35.8 Å². The summed E-state index contributed by atoms with van der Waals surface area (Å²) < 4.78 is 3.19. The maximum Gasteiger partial charge on any atom is 0.335 e. The first-order valence-corrected chi connectivity index (χ1v) is 11.9. The Balaban J connectivity index is 1.32. The zero-order valence-corrected chi connectivity index (χ0v) is 19.7. The van der Waals surface area contributed by atoms with E-state index in [0.717, 1.165) is 30.4 Å². The van der Waals surface area contributed by atoms with Crippen LogP contribution in [-0.4, -0.2) is 54.7 Å². The number of benzene rings is 2. The number of carboxylic acids is 1. The number of aliphatic hydroxyl groups is 1. The van der Waals surface area contributed by atoms with Crippen molar-refractivity contribution in [2.24, 2.45) is 5.92 Å². The normalized spacial score (nSPS) is 16.8. The van der Waals surface area contributed by atoms with Gasteiger partial charge in [-0.3, -0.25) is 4.79 Å². The lowest BCUT2D eigenvalue weighted by Gasteiger charge is -2.36. The predicted molar refractivity (Wildman–Crippen MR) is 136 cm³/mol. The number of piperidine rings is 1. The van der Waals surface area contributed by atoms with Crippen LogP contribution in [0.3, 0.4) is 0 Å². The maximum atomic E-state index is 12.5. The molecule has 1 fully saturated rings. The van der Waals surface area contributed by atoms with Crippen molar-refractivity contribution < 1.29 is 15.0 Å². The van der Waals surface area contributed by atoms with Crippen molar-refractivity contribution in [2.75, 3.05) is 23.7 Å². The first-order valence-electron chi connectivity index (χ1n) is 11.9. The summed E-state index contributed by atoms with van der Waals surface area (Å²) in [5, 5.41) is 24.9. The first-order chi connectivity index (χ1) is 17.4. The molecule has 1 saturated heterocycles. The third-order valence-corrected chi connectivity index (χ3v) is 6.74. The van der Waals surface area contributed by atoms with Crippen LogP contribution in [0, 0.1) is 5.92 Å². The molecule has 2 unspecified atom stereocenters. The van der Waals surface area contributed by atoms with Crippen molar-refractivity contribution in [3.05, 3.63) is 82.1 Å². The number of fused-ring (bicyclic) bond motifs is 1. The Kier molecular flexibility index (Phi) is 6.43. The van der Waals surface area contributed by atoms with Gasteiger partial charge in [-0.05, 0) is 48.7 Å². The number of hydrogen-bond donors (Lipinski definition) is 3. The average Bonchev–Trinajstić information content (AvgIpc) is 3.20. The van der Waals surface area contributed by atoms with Gasteiger partial charge in [0.1, 0.15) is 5.82 Å². The van der Waals surface area contributed by atoms with E-state index in [0.29, 0.717) is 30.4 Å². The molecule has 3 heterocycles. The van der Waals surface area contributed by atoms with Gasteiger partial charge in [-0.25, -0.2) is 14.5 Å². The van der Waals surface area contributed by atoms with Gasteiger partial charge >= 0.3 is 5.97 Å². The molecule has 0 saturated carbocycles. The summed E-state index contributed by atoms with van der Waals surface area (Å²) in [7, 11) is 0. The number of aromatic carboxylic acids is 1. The van der Waals surface area contributed by atoms with Crippen LogP contribution in [0.25, 0.3) is 11.0 Å². The predicted octanol–water partition coefficient (Wildman–Crippen LogP) is 2.20. The number of hydrogen-bond acceptors (Lipinski definition) is 7. The van der Waals surface area contributed by atoms with Gasteiger partial charge in [0.25, 0.3) is 5.56 Å². The van der Waals surface area contributed by atoms with Crippen molar-refractivity contribution in [2.45, 2.75) is 32.0 Å². The third kappa shape index (κ3) is 4.80. The summed E-state index contributed by atoms with van der Waals surface area (Å²) in [6.45, 7) is 1.87. The highest BCUT2D eigenvalue weighted by atomic mass is 16.4. The molecule has 10 heteroatoms. The number of carbonyl (C=O) groups is 1. The molecule has 10 nitrogen and oxygen atoms in total. The molecule has 186 valence electrons. The molecule has 36 heavy (non-hydrogen) atoms. The van der Waals surface area contributed by atoms with E-state index in [1.807, 2.05) is 28.8 Å². The van der Waals surface area contributed by atoms with Crippen LogP contribution in [0.2, 0.25) is 0 Å². The van der Waals surface area contributed by atoms with Gasteiger partial charge in [-0.1, -0.05) is 24.3 Å². The molecule has 1 aliphatic heterocycles. The minimum Gasteiger partial charge on any atom is -0.478 e. The van der Waals surface area contributed by atoms with E-state index < -0.39 is 12.1 Å². The fraction of sp³-hybridized carbons (Fsp3) is 0.308. The molecule has 4 aromatic rings. The van der Waals surface area contributed by atoms with Crippen LogP contribution in [0.1, 0.15) is 28.8 Å². The summed E-state index contributed by atoms with van der Waals surface area (Å²) in [5.74, 6) is 0.000109. The Morgan fingerprint density at radius 2 is 1.97 bits per heavy atom. The van der Waals surface area contributed by atoms with Crippen molar-refractivity contribution in [3.63, 3.8) is 0 Å². The molecular weight excluding hydrogens is 460 g/mol. The maximum absolute atomic E-state index is 12.5. The molecule has 4 N–H and O–H groups in total. The molecule has 2 aromatic carbocycles. The summed E-state index contributed by atoms with van der Waals surface area (Å²) in [6, 6.07) is 17.3. The Morgan fingerprint density at radius 3 is 2.81 bits per heavy atom. The van der Waals surface area contributed by atoms with Crippen molar-refractivity contribution in [1.29, 1.82) is 0 Å². The SMILES string of the molecule is Nc1nc2ccccc2n1CC(O)C1CCCN(c2ccc(=O)n(Cc3cccc(C(=O)O)c3)n2)C1. The lowest BCUT2D eigenvalue weighted by atomic mass is 9.92.